The number of halogens is 2. The van der Waals surface area contributed by atoms with Crippen LogP contribution in [0.3, 0.4) is 0 Å². The van der Waals surface area contributed by atoms with Crippen LogP contribution in [0.15, 0.2) is 66.7 Å². The standard InChI is InChI=1S/C25H20F2N4O3S/c26-18-2-1-3-19(27)20(18)21(33)22-23(28)31-25(35-22)30-17-10-6-15(7-11-17)24(34)29-16-8-4-14(5-9-16)12-13-32/h1-11,32H,12-13,28H2,(H,29,34)(H,30,31). The Balaban J connectivity index is 1.43. The van der Waals surface area contributed by atoms with E-state index >= 15 is 0 Å². The minimum absolute atomic E-state index is 0.0570. The number of ketones is 1. The molecule has 0 radical (unpaired) electrons. The first-order chi connectivity index (χ1) is 16.9. The van der Waals surface area contributed by atoms with Gasteiger partial charge in [-0.05, 0) is 60.5 Å². The number of aliphatic hydroxyl groups excluding tert-OH is 1. The lowest BCUT2D eigenvalue weighted by molar-refractivity contribution is 0.102. The smallest absolute Gasteiger partial charge is 0.255 e. The number of anilines is 4. The van der Waals surface area contributed by atoms with Gasteiger partial charge in [0.2, 0.25) is 5.78 Å². The third-order valence-corrected chi connectivity index (χ3v) is 6.05. The maximum atomic E-state index is 14.0. The van der Waals surface area contributed by atoms with E-state index in [2.05, 4.69) is 15.6 Å². The van der Waals surface area contributed by atoms with E-state index < -0.39 is 23.0 Å². The highest BCUT2D eigenvalue weighted by Crippen LogP contribution is 2.31. The SMILES string of the molecule is Nc1nc(Nc2ccc(C(=O)Nc3ccc(CCO)cc3)cc2)sc1C(=O)c1c(F)cccc1F. The van der Waals surface area contributed by atoms with Gasteiger partial charge in [-0.15, -0.1) is 0 Å². The number of nitrogen functional groups attached to an aromatic ring is 1. The van der Waals surface area contributed by atoms with E-state index in [1.54, 1.807) is 36.4 Å². The number of nitrogens with two attached hydrogens (primary N) is 1. The molecular formula is C25H20F2N4O3S. The van der Waals surface area contributed by atoms with Gasteiger partial charge in [-0.2, -0.15) is 0 Å². The first-order valence-corrected chi connectivity index (χ1v) is 11.3. The van der Waals surface area contributed by atoms with Crippen LogP contribution in [0.5, 0.6) is 0 Å². The van der Waals surface area contributed by atoms with Gasteiger partial charge in [0.1, 0.15) is 22.3 Å². The number of amides is 1. The molecule has 3 aromatic carbocycles. The van der Waals surface area contributed by atoms with E-state index in [1.165, 1.54) is 6.07 Å². The fourth-order valence-corrected chi connectivity index (χ4v) is 4.14. The van der Waals surface area contributed by atoms with E-state index in [0.717, 1.165) is 29.0 Å². The van der Waals surface area contributed by atoms with Crippen molar-refractivity contribution in [1.29, 1.82) is 0 Å². The van der Waals surface area contributed by atoms with Gasteiger partial charge in [0, 0.05) is 23.5 Å². The molecule has 0 aliphatic carbocycles. The Morgan fingerprint density at radius 2 is 1.57 bits per heavy atom. The molecule has 10 heteroatoms. The molecule has 4 aromatic rings. The highest BCUT2D eigenvalue weighted by molar-refractivity contribution is 7.18. The Bertz CT molecular complexity index is 1350. The molecule has 0 aliphatic heterocycles. The molecule has 4 rings (SSSR count). The van der Waals surface area contributed by atoms with Crippen LogP contribution in [0.25, 0.3) is 0 Å². The Morgan fingerprint density at radius 1 is 0.943 bits per heavy atom. The summed E-state index contributed by atoms with van der Waals surface area (Å²) < 4.78 is 28.0. The van der Waals surface area contributed by atoms with Gasteiger partial charge in [-0.1, -0.05) is 29.5 Å². The first kappa shape index (κ1) is 24.0. The largest absolute Gasteiger partial charge is 0.396 e. The summed E-state index contributed by atoms with van der Waals surface area (Å²) in [7, 11) is 0. The van der Waals surface area contributed by atoms with E-state index in [-0.39, 0.29) is 28.3 Å². The summed E-state index contributed by atoms with van der Waals surface area (Å²) in [5.41, 5.74) is 7.71. The van der Waals surface area contributed by atoms with Crippen molar-refractivity contribution in [3.63, 3.8) is 0 Å². The zero-order valence-electron chi connectivity index (χ0n) is 18.2. The average molecular weight is 495 g/mol. The van der Waals surface area contributed by atoms with Gasteiger partial charge in [-0.3, -0.25) is 9.59 Å². The molecule has 35 heavy (non-hydrogen) atoms. The van der Waals surface area contributed by atoms with Crippen LogP contribution in [0.2, 0.25) is 0 Å². The van der Waals surface area contributed by atoms with Crippen LogP contribution in [0.4, 0.5) is 31.1 Å². The molecule has 0 spiro atoms. The highest BCUT2D eigenvalue weighted by atomic mass is 32.1. The second kappa shape index (κ2) is 10.4. The van der Waals surface area contributed by atoms with Gasteiger partial charge >= 0.3 is 0 Å². The quantitative estimate of drug-likeness (QED) is 0.262. The van der Waals surface area contributed by atoms with E-state index in [4.69, 9.17) is 10.8 Å². The highest BCUT2D eigenvalue weighted by Gasteiger charge is 2.24. The summed E-state index contributed by atoms with van der Waals surface area (Å²) in [5.74, 6) is -3.30. The molecule has 0 saturated heterocycles. The van der Waals surface area contributed by atoms with Crippen LogP contribution in [0.1, 0.15) is 31.2 Å². The monoisotopic (exact) mass is 494 g/mol. The summed E-state index contributed by atoms with van der Waals surface area (Å²) in [5, 5.41) is 15.0. The fraction of sp³-hybridized carbons (Fsp3) is 0.0800. The number of hydrogen-bond acceptors (Lipinski definition) is 7. The lowest BCUT2D eigenvalue weighted by Gasteiger charge is -2.08. The molecule has 1 aromatic heterocycles. The molecule has 0 aliphatic rings. The van der Waals surface area contributed by atoms with Crippen molar-refractivity contribution >= 4 is 45.4 Å². The number of carbonyl (C=O) groups excluding carboxylic acids is 2. The molecular weight excluding hydrogens is 474 g/mol. The number of thiazole rings is 1. The fourth-order valence-electron chi connectivity index (χ4n) is 3.29. The molecule has 1 amide bonds. The maximum absolute atomic E-state index is 14.0. The third kappa shape index (κ3) is 5.51. The summed E-state index contributed by atoms with van der Waals surface area (Å²) >= 11 is 0.866. The Kier molecular flexibility index (Phi) is 7.14. The number of aliphatic hydroxyl groups is 1. The van der Waals surface area contributed by atoms with Crippen molar-refractivity contribution in [2.24, 2.45) is 0 Å². The predicted molar refractivity (Wildman–Crippen MR) is 131 cm³/mol. The van der Waals surface area contributed by atoms with Crippen molar-refractivity contribution in [3.8, 4) is 0 Å². The molecule has 178 valence electrons. The van der Waals surface area contributed by atoms with Crippen LogP contribution in [-0.4, -0.2) is 28.4 Å². The molecule has 0 fully saturated rings. The summed E-state index contributed by atoms with van der Waals surface area (Å²) in [6, 6.07) is 16.9. The maximum Gasteiger partial charge on any atom is 0.255 e. The summed E-state index contributed by atoms with van der Waals surface area (Å²) in [6.07, 6.45) is 0.545. The number of nitrogens with one attached hydrogen (secondary N) is 2. The molecule has 7 nitrogen and oxygen atoms in total. The number of rotatable bonds is 8. The lowest BCUT2D eigenvalue weighted by Crippen LogP contribution is -2.11. The van der Waals surface area contributed by atoms with Gasteiger partial charge < -0.3 is 21.5 Å². The minimum Gasteiger partial charge on any atom is -0.396 e. The first-order valence-electron chi connectivity index (χ1n) is 10.5. The Morgan fingerprint density at radius 3 is 2.20 bits per heavy atom. The Labute approximate surface area is 203 Å². The van der Waals surface area contributed by atoms with E-state index in [1.807, 2.05) is 12.1 Å². The van der Waals surface area contributed by atoms with Gasteiger partial charge in [0.25, 0.3) is 5.91 Å². The van der Waals surface area contributed by atoms with Crippen molar-refractivity contribution in [1.82, 2.24) is 4.98 Å². The molecule has 0 bridgehead atoms. The zero-order valence-corrected chi connectivity index (χ0v) is 19.0. The van der Waals surface area contributed by atoms with E-state index in [9.17, 15) is 18.4 Å². The molecule has 1 heterocycles. The summed E-state index contributed by atoms with van der Waals surface area (Å²) in [6.45, 7) is 0.0570. The zero-order chi connectivity index (χ0) is 24.9. The van der Waals surface area contributed by atoms with Gasteiger partial charge in [-0.25, -0.2) is 13.8 Å². The molecule has 0 saturated carbocycles. The molecule has 0 unspecified atom stereocenters. The number of hydrogen-bond donors (Lipinski definition) is 4. The third-order valence-electron chi connectivity index (χ3n) is 5.06. The molecule has 0 atom stereocenters. The normalized spacial score (nSPS) is 10.7. The number of nitrogens with zero attached hydrogens (tertiary/aromatic N) is 1. The van der Waals surface area contributed by atoms with Crippen LogP contribution < -0.4 is 16.4 Å². The van der Waals surface area contributed by atoms with Gasteiger partial charge in [0.05, 0.1) is 5.56 Å². The van der Waals surface area contributed by atoms with E-state index in [0.29, 0.717) is 23.4 Å². The second-order valence-corrected chi connectivity index (χ2v) is 8.49. The van der Waals surface area contributed by atoms with Crippen LogP contribution >= 0.6 is 11.3 Å². The van der Waals surface area contributed by atoms with Crippen LogP contribution in [0, 0.1) is 11.6 Å². The average Bonchev–Trinajstić information content (AvgIpc) is 3.20. The van der Waals surface area contributed by atoms with Crippen molar-refractivity contribution < 1.29 is 23.5 Å². The van der Waals surface area contributed by atoms with Crippen molar-refractivity contribution in [2.75, 3.05) is 23.0 Å². The number of aromatic nitrogens is 1. The Hall–Kier alpha value is -4.15. The summed E-state index contributed by atoms with van der Waals surface area (Å²) in [4.78, 5) is 29.1. The number of benzene rings is 3. The topological polar surface area (TPSA) is 117 Å². The molecule has 5 N–H and O–H groups in total. The van der Waals surface area contributed by atoms with Crippen molar-refractivity contribution in [3.05, 3.63) is 99.9 Å². The van der Waals surface area contributed by atoms with Gasteiger partial charge in [0.15, 0.2) is 5.13 Å². The van der Waals surface area contributed by atoms with Crippen molar-refractivity contribution in [2.45, 2.75) is 6.42 Å². The second-order valence-electron chi connectivity index (χ2n) is 7.49. The number of carbonyl (C=O) groups is 2. The minimum atomic E-state index is -0.979. The van der Waals surface area contributed by atoms with Crippen LogP contribution in [-0.2, 0) is 6.42 Å². The predicted octanol–water partition coefficient (Wildman–Crippen LogP) is 4.77. The lowest BCUT2D eigenvalue weighted by atomic mass is 10.1.